The molecule has 2 aromatic rings. The van der Waals surface area contributed by atoms with Crippen LogP contribution < -0.4 is 10.1 Å². The Morgan fingerprint density at radius 2 is 2.20 bits per heavy atom. The second-order valence-electron chi connectivity index (χ2n) is 5.15. The Morgan fingerprint density at radius 3 is 3.00 bits per heavy atom. The maximum Gasteiger partial charge on any atom is 0.123 e. The Hall–Kier alpha value is -1.03. The molecule has 0 aliphatic heterocycles. The van der Waals surface area contributed by atoms with Crippen LogP contribution in [-0.2, 0) is 6.42 Å². The number of ether oxygens (including phenoxy) is 1. The molecule has 3 rings (SSSR count). The van der Waals surface area contributed by atoms with Gasteiger partial charge in [0.25, 0.3) is 0 Å². The fraction of sp³-hybridized carbons (Fsp3) is 0.375. The topological polar surface area (TPSA) is 21.3 Å². The molecule has 2 nitrogen and oxygen atoms in total. The van der Waals surface area contributed by atoms with Gasteiger partial charge in [0.05, 0.1) is 11.4 Å². The Bertz CT molecular complexity index is 610. The second-order valence-corrected chi connectivity index (χ2v) is 6.92. The summed E-state index contributed by atoms with van der Waals surface area (Å²) in [7, 11) is 1.72. The first-order chi connectivity index (χ1) is 9.69. The van der Waals surface area contributed by atoms with Gasteiger partial charge in [0.2, 0.25) is 0 Å². The van der Waals surface area contributed by atoms with Crippen molar-refractivity contribution in [2.45, 2.75) is 31.8 Å². The van der Waals surface area contributed by atoms with Crippen molar-refractivity contribution >= 4 is 22.9 Å². The zero-order valence-corrected chi connectivity index (χ0v) is 13.2. The summed E-state index contributed by atoms with van der Waals surface area (Å²) in [6.07, 6.45) is 2.28. The Labute approximate surface area is 128 Å². The van der Waals surface area contributed by atoms with Crippen LogP contribution >= 0.6 is 22.9 Å². The molecule has 1 aromatic carbocycles. The lowest BCUT2D eigenvalue weighted by atomic mass is 10.0. The van der Waals surface area contributed by atoms with Gasteiger partial charge >= 0.3 is 0 Å². The summed E-state index contributed by atoms with van der Waals surface area (Å²) in [6, 6.07) is 10.9. The van der Waals surface area contributed by atoms with Crippen molar-refractivity contribution in [2.75, 3.05) is 7.11 Å². The van der Waals surface area contributed by atoms with Crippen LogP contribution in [0.3, 0.4) is 0 Å². The van der Waals surface area contributed by atoms with Crippen LogP contribution in [-0.4, -0.2) is 7.11 Å². The van der Waals surface area contributed by atoms with Crippen molar-refractivity contribution in [3.63, 3.8) is 0 Å². The van der Waals surface area contributed by atoms with Crippen molar-refractivity contribution in [3.8, 4) is 5.75 Å². The number of rotatable bonds is 4. The molecular weight excluding hydrogens is 290 g/mol. The van der Waals surface area contributed by atoms with Crippen LogP contribution in [0.2, 0.25) is 4.34 Å². The maximum absolute atomic E-state index is 6.12. The number of halogens is 1. The highest BCUT2D eigenvalue weighted by atomic mass is 35.5. The zero-order chi connectivity index (χ0) is 14.1. The van der Waals surface area contributed by atoms with Gasteiger partial charge < -0.3 is 10.1 Å². The maximum atomic E-state index is 6.12. The molecule has 0 radical (unpaired) electrons. The summed E-state index contributed by atoms with van der Waals surface area (Å²) in [5.41, 5.74) is 2.58. The van der Waals surface area contributed by atoms with Gasteiger partial charge in [-0.1, -0.05) is 29.8 Å². The monoisotopic (exact) mass is 307 g/mol. The number of fused-ring (bicyclic) bond motifs is 1. The molecule has 1 aliphatic rings. The standard InChI is InChI=1S/C16H18ClNOS/c1-10(11-5-3-4-6-14(11)19-2)18-13-7-8-15-12(13)9-16(17)20-15/h3-6,9-10,13,18H,7-8H2,1-2H3/t10-,13?/m0/s1. The van der Waals surface area contributed by atoms with E-state index in [0.717, 1.165) is 22.9 Å². The fourth-order valence-corrected chi connectivity index (χ4v) is 4.28. The Balaban J connectivity index is 1.78. The van der Waals surface area contributed by atoms with E-state index in [0.29, 0.717) is 6.04 Å². The lowest BCUT2D eigenvalue weighted by molar-refractivity contribution is 0.393. The molecule has 1 N–H and O–H groups in total. The number of benzene rings is 1. The molecule has 1 aromatic heterocycles. The smallest absolute Gasteiger partial charge is 0.123 e. The number of methoxy groups -OCH3 is 1. The second kappa shape index (κ2) is 5.76. The normalized spacial score (nSPS) is 18.9. The predicted octanol–water partition coefficient (Wildman–Crippen LogP) is 4.75. The quantitative estimate of drug-likeness (QED) is 0.880. The summed E-state index contributed by atoms with van der Waals surface area (Å²) in [4.78, 5) is 1.43. The van der Waals surface area contributed by atoms with Crippen molar-refractivity contribution < 1.29 is 4.74 Å². The van der Waals surface area contributed by atoms with Gasteiger partial charge in [-0.15, -0.1) is 11.3 Å². The van der Waals surface area contributed by atoms with Crippen LogP contribution in [0, 0.1) is 0 Å². The highest BCUT2D eigenvalue weighted by Gasteiger charge is 2.26. The molecule has 1 heterocycles. The van der Waals surface area contributed by atoms with Gasteiger partial charge in [-0.05, 0) is 37.5 Å². The van der Waals surface area contributed by atoms with E-state index in [2.05, 4.69) is 30.4 Å². The molecule has 0 spiro atoms. The van der Waals surface area contributed by atoms with Gasteiger partial charge in [0.15, 0.2) is 0 Å². The minimum atomic E-state index is 0.251. The Kier molecular flexibility index (Phi) is 4.01. The average molecular weight is 308 g/mol. The lowest BCUT2D eigenvalue weighted by Crippen LogP contribution is -2.23. The van der Waals surface area contributed by atoms with E-state index in [-0.39, 0.29) is 6.04 Å². The molecule has 20 heavy (non-hydrogen) atoms. The SMILES string of the molecule is COc1ccccc1[C@H](C)NC1CCc2sc(Cl)cc21. The van der Waals surface area contributed by atoms with Crippen LogP contribution in [0.4, 0.5) is 0 Å². The number of thiophene rings is 1. The van der Waals surface area contributed by atoms with Crippen LogP contribution in [0.5, 0.6) is 5.75 Å². The van der Waals surface area contributed by atoms with Gasteiger partial charge in [0.1, 0.15) is 5.75 Å². The van der Waals surface area contributed by atoms with E-state index in [1.807, 2.05) is 12.1 Å². The van der Waals surface area contributed by atoms with Crippen LogP contribution in [0.15, 0.2) is 30.3 Å². The van der Waals surface area contributed by atoms with Gasteiger partial charge in [-0.2, -0.15) is 0 Å². The van der Waals surface area contributed by atoms with Crippen molar-refractivity contribution in [3.05, 3.63) is 50.7 Å². The van der Waals surface area contributed by atoms with E-state index >= 15 is 0 Å². The van der Waals surface area contributed by atoms with E-state index in [1.165, 1.54) is 16.0 Å². The lowest BCUT2D eigenvalue weighted by Gasteiger charge is -2.21. The molecule has 0 saturated carbocycles. The highest BCUT2D eigenvalue weighted by molar-refractivity contribution is 7.16. The number of hydrogen-bond acceptors (Lipinski definition) is 3. The molecule has 2 atom stereocenters. The average Bonchev–Trinajstić information content (AvgIpc) is 2.99. The van der Waals surface area contributed by atoms with Crippen LogP contribution in [0.25, 0.3) is 0 Å². The van der Waals surface area contributed by atoms with Crippen molar-refractivity contribution in [1.29, 1.82) is 0 Å². The summed E-state index contributed by atoms with van der Waals surface area (Å²) in [5.74, 6) is 0.939. The summed E-state index contributed by atoms with van der Waals surface area (Å²) < 4.78 is 6.34. The fourth-order valence-electron chi connectivity index (χ4n) is 2.92. The third-order valence-corrected chi connectivity index (χ3v) is 5.24. The first kappa shape index (κ1) is 13.9. The number of nitrogens with one attached hydrogen (secondary N) is 1. The van der Waals surface area contributed by atoms with E-state index < -0.39 is 0 Å². The minimum Gasteiger partial charge on any atom is -0.496 e. The number of hydrogen-bond donors (Lipinski definition) is 1. The largest absolute Gasteiger partial charge is 0.496 e. The molecule has 4 heteroatoms. The zero-order valence-electron chi connectivity index (χ0n) is 11.7. The molecule has 0 amide bonds. The first-order valence-corrected chi connectivity index (χ1v) is 8.05. The summed E-state index contributed by atoms with van der Waals surface area (Å²) in [6.45, 7) is 2.18. The Morgan fingerprint density at radius 1 is 1.40 bits per heavy atom. The molecule has 1 aliphatic carbocycles. The first-order valence-electron chi connectivity index (χ1n) is 6.86. The number of aryl methyl sites for hydroxylation is 1. The summed E-state index contributed by atoms with van der Waals surface area (Å²) >= 11 is 7.83. The van der Waals surface area contributed by atoms with Gasteiger partial charge in [-0.3, -0.25) is 0 Å². The van der Waals surface area contributed by atoms with Gasteiger partial charge in [0, 0.05) is 22.5 Å². The van der Waals surface area contributed by atoms with E-state index in [4.69, 9.17) is 16.3 Å². The van der Waals surface area contributed by atoms with E-state index in [9.17, 15) is 0 Å². The minimum absolute atomic E-state index is 0.251. The third kappa shape index (κ3) is 2.58. The number of para-hydroxylation sites is 1. The third-order valence-electron chi connectivity index (χ3n) is 3.90. The molecule has 106 valence electrons. The molecule has 0 saturated heterocycles. The molecular formula is C16H18ClNOS. The van der Waals surface area contributed by atoms with Crippen molar-refractivity contribution in [2.24, 2.45) is 0 Å². The molecule has 1 unspecified atom stereocenters. The van der Waals surface area contributed by atoms with Crippen molar-refractivity contribution in [1.82, 2.24) is 5.32 Å². The van der Waals surface area contributed by atoms with E-state index in [1.54, 1.807) is 18.4 Å². The predicted molar refractivity (Wildman–Crippen MR) is 84.9 cm³/mol. The molecule has 0 fully saturated rings. The summed E-state index contributed by atoms with van der Waals surface area (Å²) in [5, 5.41) is 3.71. The molecule has 0 bridgehead atoms. The highest BCUT2D eigenvalue weighted by Crippen LogP contribution is 2.40. The van der Waals surface area contributed by atoms with Gasteiger partial charge in [-0.25, -0.2) is 0 Å². The van der Waals surface area contributed by atoms with Crippen LogP contribution in [0.1, 0.15) is 41.4 Å².